The van der Waals surface area contributed by atoms with Gasteiger partial charge in [-0.3, -0.25) is 4.79 Å². The normalized spacial score (nSPS) is 20.4. The first-order chi connectivity index (χ1) is 12.9. The third-order valence-corrected chi connectivity index (χ3v) is 6.86. The van der Waals surface area contributed by atoms with Crippen LogP contribution in [0, 0.1) is 0 Å². The maximum absolute atomic E-state index is 12.5. The number of ether oxygens (including phenoxy) is 1. The summed E-state index contributed by atoms with van der Waals surface area (Å²) in [6.45, 7) is 9.23. The van der Waals surface area contributed by atoms with E-state index >= 15 is 0 Å². The predicted molar refractivity (Wildman–Crippen MR) is 113 cm³/mol. The minimum atomic E-state index is 0. The standard InChI is InChI=1S/C23H46N2O2.2HI/c1-4-5-6-7-10-15-23(26)27-22(20-24(2)16-11-8-12-17-24)21-25(3)18-13-9-14-19-25;;/h22H,4-21H2,1-3H3;2*1H/q+2;;/p-2. The van der Waals surface area contributed by atoms with Gasteiger partial charge in [-0.1, -0.05) is 32.6 Å². The Labute approximate surface area is 214 Å². The van der Waals surface area contributed by atoms with Crippen LogP contribution < -0.4 is 48.0 Å². The van der Waals surface area contributed by atoms with Gasteiger partial charge in [0.1, 0.15) is 13.1 Å². The summed E-state index contributed by atoms with van der Waals surface area (Å²) in [4.78, 5) is 12.5. The van der Waals surface area contributed by atoms with Gasteiger partial charge in [-0.15, -0.1) is 0 Å². The lowest BCUT2D eigenvalue weighted by Gasteiger charge is -2.43. The van der Waals surface area contributed by atoms with Crippen LogP contribution in [-0.2, 0) is 9.53 Å². The lowest BCUT2D eigenvalue weighted by molar-refractivity contribution is -0.936. The van der Waals surface area contributed by atoms with E-state index in [2.05, 4.69) is 21.0 Å². The monoisotopic (exact) mass is 636 g/mol. The molecule has 174 valence electrons. The van der Waals surface area contributed by atoms with E-state index in [4.69, 9.17) is 4.74 Å². The lowest BCUT2D eigenvalue weighted by Crippen LogP contribution is -3.00. The first-order valence-corrected chi connectivity index (χ1v) is 11.8. The molecule has 0 amide bonds. The second-order valence-electron chi connectivity index (χ2n) is 9.90. The van der Waals surface area contributed by atoms with Crippen molar-refractivity contribution in [3.05, 3.63) is 0 Å². The van der Waals surface area contributed by atoms with E-state index in [1.54, 1.807) is 0 Å². The van der Waals surface area contributed by atoms with Crippen molar-refractivity contribution >= 4 is 5.97 Å². The fraction of sp³-hybridized carbons (Fsp3) is 0.957. The molecule has 0 aliphatic carbocycles. The fourth-order valence-electron chi connectivity index (χ4n) is 5.15. The Kier molecular flexibility index (Phi) is 16.1. The fourth-order valence-corrected chi connectivity index (χ4v) is 5.15. The van der Waals surface area contributed by atoms with Gasteiger partial charge in [-0.05, 0) is 44.9 Å². The van der Waals surface area contributed by atoms with Crippen LogP contribution in [0.2, 0.25) is 0 Å². The van der Waals surface area contributed by atoms with Crippen molar-refractivity contribution in [2.45, 2.75) is 90.1 Å². The van der Waals surface area contributed by atoms with Crippen LogP contribution in [0.1, 0.15) is 84.0 Å². The van der Waals surface area contributed by atoms with Gasteiger partial charge in [0, 0.05) is 6.42 Å². The van der Waals surface area contributed by atoms with Crippen LogP contribution in [0.4, 0.5) is 0 Å². The smallest absolute Gasteiger partial charge is 0.306 e. The van der Waals surface area contributed by atoms with Crippen molar-refractivity contribution in [2.24, 2.45) is 0 Å². The zero-order chi connectivity index (χ0) is 19.6. The molecule has 0 aromatic heterocycles. The van der Waals surface area contributed by atoms with Crippen molar-refractivity contribution in [2.75, 3.05) is 53.4 Å². The van der Waals surface area contributed by atoms with E-state index in [0.29, 0.717) is 6.42 Å². The maximum Gasteiger partial charge on any atom is 0.306 e. The predicted octanol–water partition coefficient (Wildman–Crippen LogP) is -1.47. The molecule has 6 heteroatoms. The molecule has 0 N–H and O–H groups in total. The van der Waals surface area contributed by atoms with Gasteiger partial charge in [-0.2, -0.15) is 0 Å². The van der Waals surface area contributed by atoms with Crippen LogP contribution in [0.15, 0.2) is 0 Å². The number of hydrogen-bond donors (Lipinski definition) is 0. The number of quaternary nitrogens is 2. The Hall–Kier alpha value is 0.850. The average Bonchev–Trinajstić information content (AvgIpc) is 2.62. The van der Waals surface area contributed by atoms with Gasteiger partial charge in [-0.25, -0.2) is 0 Å². The number of carbonyl (C=O) groups excluding carboxylic acids is 1. The van der Waals surface area contributed by atoms with Gasteiger partial charge in [0.2, 0.25) is 0 Å². The molecular weight excluding hydrogens is 590 g/mol. The molecule has 29 heavy (non-hydrogen) atoms. The van der Waals surface area contributed by atoms with Gasteiger partial charge < -0.3 is 61.7 Å². The van der Waals surface area contributed by atoms with Gasteiger partial charge in [0.05, 0.1) is 40.3 Å². The Bertz CT molecular complexity index is 411. The summed E-state index contributed by atoms with van der Waals surface area (Å²) >= 11 is 0. The number of hydrogen-bond acceptors (Lipinski definition) is 2. The number of esters is 1. The number of carbonyl (C=O) groups is 1. The van der Waals surface area contributed by atoms with Crippen molar-refractivity contribution in [3.8, 4) is 0 Å². The molecule has 0 atom stereocenters. The molecule has 0 unspecified atom stereocenters. The molecule has 0 aromatic carbocycles. The highest BCUT2D eigenvalue weighted by molar-refractivity contribution is 5.69. The summed E-state index contributed by atoms with van der Waals surface area (Å²) in [5.41, 5.74) is 0. The second kappa shape index (κ2) is 15.6. The van der Waals surface area contributed by atoms with Crippen LogP contribution in [0.25, 0.3) is 0 Å². The Morgan fingerprint density at radius 2 is 1.21 bits per heavy atom. The second-order valence-corrected chi connectivity index (χ2v) is 9.90. The van der Waals surface area contributed by atoms with Gasteiger partial charge in [0.15, 0.2) is 6.10 Å². The largest absolute Gasteiger partial charge is 1.00 e. The zero-order valence-corrected chi connectivity index (χ0v) is 23.6. The highest BCUT2D eigenvalue weighted by Gasteiger charge is 2.36. The summed E-state index contributed by atoms with van der Waals surface area (Å²) in [6, 6.07) is 0. The number of nitrogens with zero attached hydrogens (tertiary/aromatic N) is 2. The van der Waals surface area contributed by atoms with Crippen LogP contribution in [-0.4, -0.2) is 74.4 Å². The molecule has 2 heterocycles. The molecule has 0 radical (unpaired) electrons. The molecule has 2 aliphatic rings. The topological polar surface area (TPSA) is 26.3 Å². The number of likely N-dealkylation sites (tertiary alicyclic amines) is 2. The molecule has 0 bridgehead atoms. The van der Waals surface area contributed by atoms with Crippen LogP contribution in [0.3, 0.4) is 0 Å². The Morgan fingerprint density at radius 1 is 0.759 bits per heavy atom. The van der Waals surface area contributed by atoms with Crippen molar-refractivity contribution < 1.29 is 66.5 Å². The number of piperidine rings is 2. The average molecular weight is 636 g/mol. The first kappa shape index (κ1) is 29.9. The van der Waals surface area contributed by atoms with Crippen molar-refractivity contribution in [1.82, 2.24) is 0 Å². The lowest BCUT2D eigenvalue weighted by atomic mass is 10.1. The molecular formula is C23H46I2N2O2. The molecule has 0 saturated carbocycles. The molecule has 4 nitrogen and oxygen atoms in total. The summed E-state index contributed by atoms with van der Waals surface area (Å²) in [5.74, 6) is 0.0451. The molecule has 0 spiro atoms. The quantitative estimate of drug-likeness (QED) is 0.120. The highest BCUT2D eigenvalue weighted by Crippen LogP contribution is 2.22. The van der Waals surface area contributed by atoms with Gasteiger partial charge >= 0.3 is 5.97 Å². The number of halogens is 2. The molecule has 2 fully saturated rings. The third-order valence-electron chi connectivity index (χ3n) is 6.86. The summed E-state index contributed by atoms with van der Waals surface area (Å²) in [7, 11) is 4.75. The van der Waals surface area contributed by atoms with Crippen molar-refractivity contribution in [1.29, 1.82) is 0 Å². The van der Waals surface area contributed by atoms with E-state index in [9.17, 15) is 4.79 Å². The molecule has 2 rings (SSSR count). The Morgan fingerprint density at radius 3 is 1.66 bits per heavy atom. The zero-order valence-electron chi connectivity index (χ0n) is 19.3. The molecule has 0 aromatic rings. The number of unbranched alkanes of at least 4 members (excludes halogenated alkanes) is 4. The van der Waals surface area contributed by atoms with E-state index in [1.165, 1.54) is 84.0 Å². The summed E-state index contributed by atoms with van der Waals surface area (Å²) in [5, 5.41) is 0. The highest BCUT2D eigenvalue weighted by atomic mass is 127. The summed E-state index contributed by atoms with van der Waals surface area (Å²) < 4.78 is 8.31. The Balaban J connectivity index is 0.00000392. The summed E-state index contributed by atoms with van der Waals surface area (Å²) in [6.07, 6.45) is 14.6. The van der Waals surface area contributed by atoms with E-state index in [0.717, 1.165) is 34.9 Å². The van der Waals surface area contributed by atoms with Crippen LogP contribution in [0.5, 0.6) is 0 Å². The minimum Gasteiger partial charge on any atom is -1.00 e. The van der Waals surface area contributed by atoms with Gasteiger partial charge in [0.25, 0.3) is 0 Å². The van der Waals surface area contributed by atoms with E-state index in [-0.39, 0.29) is 60.0 Å². The van der Waals surface area contributed by atoms with Crippen LogP contribution >= 0.6 is 0 Å². The van der Waals surface area contributed by atoms with Crippen molar-refractivity contribution in [3.63, 3.8) is 0 Å². The third kappa shape index (κ3) is 11.9. The minimum absolute atomic E-state index is 0. The number of likely N-dealkylation sites (N-methyl/N-ethyl adjacent to an activating group) is 2. The maximum atomic E-state index is 12.5. The SMILES string of the molecule is CCCCCCCC(=O)OC(C[N+]1(C)CCCCC1)C[N+]1(C)CCCCC1.[I-].[I-]. The first-order valence-electron chi connectivity index (χ1n) is 11.8. The number of rotatable bonds is 11. The molecule has 2 saturated heterocycles. The van der Waals surface area contributed by atoms with E-state index in [1.807, 2.05) is 0 Å². The van der Waals surface area contributed by atoms with E-state index < -0.39 is 0 Å². The molecule has 2 aliphatic heterocycles.